The Bertz CT molecular complexity index is 695. The minimum absolute atomic E-state index is 0.205. The number of carbonyl (C=O) groups is 1. The number of fused-ring (bicyclic) bond motifs is 1. The Morgan fingerprint density at radius 3 is 2.74 bits per heavy atom. The first kappa shape index (κ1) is 19.4. The van der Waals surface area contributed by atoms with Gasteiger partial charge in [-0.2, -0.15) is 0 Å². The molecule has 0 unspecified atom stereocenters. The molecule has 0 amide bonds. The van der Waals surface area contributed by atoms with Gasteiger partial charge >= 0.3 is 5.97 Å². The third kappa shape index (κ3) is 4.90. The first-order chi connectivity index (χ1) is 13.0. The highest BCUT2D eigenvalue weighted by molar-refractivity contribution is 5.98. The van der Waals surface area contributed by atoms with Crippen molar-refractivity contribution in [1.29, 1.82) is 0 Å². The third-order valence-electron chi connectivity index (χ3n) is 4.67. The molecule has 1 aromatic carbocycles. The van der Waals surface area contributed by atoms with Gasteiger partial charge in [0.25, 0.3) is 5.79 Å². The van der Waals surface area contributed by atoms with Crippen LogP contribution in [-0.4, -0.2) is 49.2 Å². The summed E-state index contributed by atoms with van der Waals surface area (Å²) in [6.45, 7) is 4.87. The van der Waals surface area contributed by atoms with E-state index in [9.17, 15) is 4.79 Å². The fraction of sp³-hybridized carbons (Fsp3) is 0.579. The topological polar surface area (TPSA) is 95.8 Å². The zero-order valence-electron chi connectivity index (χ0n) is 15.6. The molecule has 0 saturated carbocycles. The lowest BCUT2D eigenvalue weighted by Crippen LogP contribution is -2.47. The molecule has 2 heterocycles. The first-order valence-corrected chi connectivity index (χ1v) is 9.06. The van der Waals surface area contributed by atoms with Gasteiger partial charge in [0.2, 0.25) is 6.79 Å². The molecular weight excluding hydrogens is 354 g/mol. The number of oxime groups is 1. The zero-order chi connectivity index (χ0) is 19.3. The van der Waals surface area contributed by atoms with Crippen LogP contribution in [0.3, 0.4) is 0 Å². The number of unbranched alkanes of at least 4 members (excludes halogenated alkanes) is 1. The summed E-state index contributed by atoms with van der Waals surface area (Å²) in [5.41, 5.74) is 1.70. The summed E-state index contributed by atoms with van der Waals surface area (Å²) in [7, 11) is 0. The van der Waals surface area contributed by atoms with Crippen molar-refractivity contribution >= 4 is 11.7 Å². The van der Waals surface area contributed by atoms with Gasteiger partial charge in [0, 0.05) is 18.4 Å². The van der Waals surface area contributed by atoms with Crippen molar-refractivity contribution in [1.82, 2.24) is 0 Å². The van der Waals surface area contributed by atoms with Gasteiger partial charge in [-0.15, -0.1) is 0 Å². The van der Waals surface area contributed by atoms with Gasteiger partial charge in [0.05, 0.1) is 18.9 Å². The molecule has 27 heavy (non-hydrogen) atoms. The largest absolute Gasteiger partial charge is 0.477 e. The summed E-state index contributed by atoms with van der Waals surface area (Å²) in [6.07, 6.45) is 2.67. The number of carboxylic acids is 1. The van der Waals surface area contributed by atoms with Crippen LogP contribution in [-0.2, 0) is 19.1 Å². The van der Waals surface area contributed by atoms with E-state index in [1.54, 1.807) is 0 Å². The Labute approximate surface area is 158 Å². The van der Waals surface area contributed by atoms with Crippen LogP contribution >= 0.6 is 0 Å². The number of aliphatic carboxylic acids is 1. The number of ether oxygens (including phenoxy) is 4. The number of nitrogens with zero attached hydrogens (tertiary/aromatic N) is 1. The van der Waals surface area contributed by atoms with Gasteiger partial charge in [-0.3, -0.25) is 0 Å². The molecule has 1 N–H and O–H groups in total. The predicted octanol–water partition coefficient (Wildman–Crippen LogP) is 2.79. The van der Waals surface area contributed by atoms with Gasteiger partial charge in [-0.1, -0.05) is 5.16 Å². The Morgan fingerprint density at radius 2 is 2.00 bits per heavy atom. The van der Waals surface area contributed by atoms with Gasteiger partial charge in [-0.25, -0.2) is 4.79 Å². The molecule has 0 spiro atoms. The highest BCUT2D eigenvalue weighted by Crippen LogP contribution is 2.32. The smallest absolute Gasteiger partial charge is 0.364 e. The highest BCUT2D eigenvalue weighted by atomic mass is 16.7. The van der Waals surface area contributed by atoms with E-state index in [-0.39, 0.29) is 12.7 Å². The Morgan fingerprint density at radius 1 is 1.26 bits per heavy atom. The summed E-state index contributed by atoms with van der Waals surface area (Å²) in [6, 6.07) is 5.67. The number of hydrogen-bond donors (Lipinski definition) is 1. The second kappa shape index (κ2) is 8.58. The second-order valence-corrected chi connectivity index (χ2v) is 6.81. The van der Waals surface area contributed by atoms with Crippen LogP contribution < -0.4 is 9.47 Å². The maximum Gasteiger partial charge on any atom is 0.364 e. The van der Waals surface area contributed by atoms with E-state index >= 15 is 0 Å². The minimum atomic E-state index is -1.51. The maximum atomic E-state index is 11.0. The van der Waals surface area contributed by atoms with Crippen molar-refractivity contribution in [2.24, 2.45) is 11.1 Å². The molecule has 1 aromatic rings. The highest BCUT2D eigenvalue weighted by Gasteiger charge is 2.40. The third-order valence-corrected chi connectivity index (χ3v) is 4.67. The van der Waals surface area contributed by atoms with Gasteiger partial charge in [0.15, 0.2) is 11.5 Å². The number of benzene rings is 1. The van der Waals surface area contributed by atoms with Crippen LogP contribution in [0.5, 0.6) is 11.5 Å². The molecule has 148 valence electrons. The molecule has 2 aliphatic heterocycles. The normalized spacial score (nSPS) is 24.7. The van der Waals surface area contributed by atoms with Crippen LogP contribution in [0, 0.1) is 5.92 Å². The van der Waals surface area contributed by atoms with E-state index in [2.05, 4.69) is 5.16 Å². The summed E-state index contributed by atoms with van der Waals surface area (Å²) in [5.74, 6) is -0.938. The molecule has 3 rings (SSSR count). The number of carboxylic acid groups (broad SMARTS) is 1. The van der Waals surface area contributed by atoms with Crippen LogP contribution in [0.1, 0.15) is 38.7 Å². The van der Waals surface area contributed by atoms with Crippen molar-refractivity contribution in [3.05, 3.63) is 23.8 Å². The van der Waals surface area contributed by atoms with Crippen molar-refractivity contribution in [2.75, 3.05) is 26.6 Å². The SMILES string of the molecule is C/C(=N/OCCCCC1COC(C)(C(=O)O)OC1)c1ccc2c(c1)OCO2. The van der Waals surface area contributed by atoms with Gasteiger partial charge in [0.1, 0.15) is 6.61 Å². The standard InChI is InChI=1S/C19H25NO7/c1-13(15-6-7-16-17(9-15)24-12-23-16)20-27-8-4-3-5-14-10-25-19(2,18(21)22)26-11-14/h6-7,9,14H,3-5,8,10-12H2,1-2H3,(H,21,22)/b20-13-. The second-order valence-electron chi connectivity index (χ2n) is 6.81. The molecule has 8 nitrogen and oxygen atoms in total. The first-order valence-electron chi connectivity index (χ1n) is 9.06. The quantitative estimate of drug-likeness (QED) is 0.421. The number of rotatable bonds is 8. The van der Waals surface area contributed by atoms with E-state index in [1.807, 2.05) is 25.1 Å². The van der Waals surface area contributed by atoms with Gasteiger partial charge in [-0.05, 0) is 44.4 Å². The van der Waals surface area contributed by atoms with Crippen molar-refractivity contribution in [2.45, 2.75) is 38.9 Å². The zero-order valence-corrected chi connectivity index (χ0v) is 15.6. The Kier molecular flexibility index (Phi) is 6.18. The Hall–Kier alpha value is -2.32. The van der Waals surface area contributed by atoms with E-state index < -0.39 is 11.8 Å². The minimum Gasteiger partial charge on any atom is -0.477 e. The average molecular weight is 379 g/mol. The monoisotopic (exact) mass is 379 g/mol. The summed E-state index contributed by atoms with van der Waals surface area (Å²) < 4.78 is 21.3. The summed E-state index contributed by atoms with van der Waals surface area (Å²) in [5, 5.41) is 13.2. The van der Waals surface area contributed by atoms with Crippen LogP contribution in [0.4, 0.5) is 0 Å². The molecule has 1 fully saturated rings. The molecular formula is C19H25NO7. The van der Waals surface area contributed by atoms with E-state index in [0.717, 1.165) is 42.0 Å². The van der Waals surface area contributed by atoms with E-state index in [1.165, 1.54) is 6.92 Å². The van der Waals surface area contributed by atoms with Gasteiger partial charge < -0.3 is 28.9 Å². The molecule has 1 saturated heterocycles. The fourth-order valence-corrected chi connectivity index (χ4v) is 2.85. The lowest BCUT2D eigenvalue weighted by molar-refractivity contribution is -0.271. The maximum absolute atomic E-state index is 11.0. The lowest BCUT2D eigenvalue weighted by Gasteiger charge is -2.34. The van der Waals surface area contributed by atoms with Crippen LogP contribution in [0.25, 0.3) is 0 Å². The van der Waals surface area contributed by atoms with Crippen LogP contribution in [0.2, 0.25) is 0 Å². The van der Waals surface area contributed by atoms with Crippen molar-refractivity contribution in [3.8, 4) is 11.5 Å². The molecule has 8 heteroatoms. The lowest BCUT2D eigenvalue weighted by atomic mass is 10.0. The Balaban J connectivity index is 1.33. The fourth-order valence-electron chi connectivity index (χ4n) is 2.85. The summed E-state index contributed by atoms with van der Waals surface area (Å²) in [4.78, 5) is 16.4. The molecule has 0 atom stereocenters. The summed E-state index contributed by atoms with van der Waals surface area (Å²) >= 11 is 0. The van der Waals surface area contributed by atoms with E-state index in [0.29, 0.717) is 19.8 Å². The van der Waals surface area contributed by atoms with E-state index in [4.69, 9.17) is 28.9 Å². The van der Waals surface area contributed by atoms with Crippen LogP contribution in [0.15, 0.2) is 23.4 Å². The molecule has 0 aliphatic carbocycles. The molecule has 2 aliphatic rings. The predicted molar refractivity (Wildman–Crippen MR) is 96.0 cm³/mol. The van der Waals surface area contributed by atoms with Crippen molar-refractivity contribution < 1.29 is 33.7 Å². The average Bonchev–Trinajstić information content (AvgIpc) is 3.13. The van der Waals surface area contributed by atoms with Crippen molar-refractivity contribution in [3.63, 3.8) is 0 Å². The molecule has 0 aromatic heterocycles. The number of hydrogen-bond acceptors (Lipinski definition) is 7. The molecule has 0 radical (unpaired) electrons. The molecule has 0 bridgehead atoms.